The van der Waals surface area contributed by atoms with Gasteiger partial charge in [-0.1, -0.05) is 45.9 Å². The van der Waals surface area contributed by atoms with Crippen molar-refractivity contribution in [2.45, 2.75) is 22.0 Å². The molecule has 0 amide bonds. The van der Waals surface area contributed by atoms with E-state index in [2.05, 4.69) is 0 Å². The zero-order valence-electron chi connectivity index (χ0n) is 14.9. The predicted octanol–water partition coefficient (Wildman–Crippen LogP) is 3.60. The first kappa shape index (κ1) is 19.3. The Bertz CT molecular complexity index is 792. The van der Waals surface area contributed by atoms with Crippen molar-refractivity contribution in [1.82, 2.24) is 0 Å². The van der Waals surface area contributed by atoms with Gasteiger partial charge in [-0.25, -0.2) is 9.59 Å². The predicted molar refractivity (Wildman–Crippen MR) is 105 cm³/mol. The summed E-state index contributed by atoms with van der Waals surface area (Å²) in [5.74, 6) is -0.732. The molecule has 6 nitrogen and oxygen atoms in total. The molecule has 2 aromatic carbocycles. The fourth-order valence-electron chi connectivity index (χ4n) is 2.50. The van der Waals surface area contributed by atoms with E-state index in [1.807, 2.05) is 24.3 Å². The standard InChI is InChI=1S/C20H18O6S2/c21-19(25-13-9-23-10-13)15-5-1-3-7-17(15)27-28-18-8-4-2-6-16(18)20(22)26-14-11-24-12-14/h1-8,13-14H,9-12H2. The summed E-state index contributed by atoms with van der Waals surface area (Å²) in [4.78, 5) is 26.4. The van der Waals surface area contributed by atoms with Crippen LogP contribution in [0.3, 0.4) is 0 Å². The summed E-state index contributed by atoms with van der Waals surface area (Å²) in [7, 11) is 2.81. The SMILES string of the molecule is O=C(OC1COC1)c1ccccc1SSc1ccccc1C(=O)OC1COC1. The van der Waals surface area contributed by atoms with E-state index in [-0.39, 0.29) is 24.1 Å². The summed E-state index contributed by atoms with van der Waals surface area (Å²) < 4.78 is 20.9. The lowest BCUT2D eigenvalue weighted by Crippen LogP contribution is -2.37. The molecule has 0 unspecified atom stereocenters. The van der Waals surface area contributed by atoms with Crippen LogP contribution in [0.15, 0.2) is 58.3 Å². The first-order valence-corrected chi connectivity index (χ1v) is 11.0. The third-order valence-electron chi connectivity index (χ3n) is 4.20. The largest absolute Gasteiger partial charge is 0.454 e. The Kier molecular flexibility index (Phi) is 6.21. The van der Waals surface area contributed by atoms with Gasteiger partial charge in [0.15, 0.2) is 0 Å². The molecule has 0 radical (unpaired) electrons. The molecule has 2 aliphatic rings. The molecule has 0 saturated carbocycles. The highest BCUT2D eigenvalue weighted by Crippen LogP contribution is 2.41. The summed E-state index contributed by atoms with van der Waals surface area (Å²) in [6, 6.07) is 14.5. The van der Waals surface area contributed by atoms with Gasteiger partial charge in [0.2, 0.25) is 0 Å². The average molecular weight is 418 g/mol. The molecule has 0 aromatic heterocycles. The molecule has 2 aromatic rings. The number of carbonyl (C=O) groups is 2. The normalized spacial score (nSPS) is 16.7. The van der Waals surface area contributed by atoms with Crippen LogP contribution >= 0.6 is 21.6 Å². The first-order valence-electron chi connectivity index (χ1n) is 8.81. The van der Waals surface area contributed by atoms with E-state index in [1.54, 1.807) is 24.3 Å². The maximum atomic E-state index is 12.4. The Morgan fingerprint density at radius 1 is 0.714 bits per heavy atom. The smallest absolute Gasteiger partial charge is 0.339 e. The molecule has 2 saturated heterocycles. The summed E-state index contributed by atoms with van der Waals surface area (Å²) in [6.07, 6.45) is -0.353. The van der Waals surface area contributed by atoms with E-state index >= 15 is 0 Å². The number of carbonyl (C=O) groups excluding carboxylic acids is 2. The van der Waals surface area contributed by atoms with Gasteiger partial charge in [0.05, 0.1) is 37.6 Å². The Labute approximate surface area is 170 Å². The van der Waals surface area contributed by atoms with Gasteiger partial charge in [0.1, 0.15) is 12.2 Å². The van der Waals surface area contributed by atoms with E-state index in [9.17, 15) is 9.59 Å². The summed E-state index contributed by atoms with van der Waals surface area (Å²) in [6.45, 7) is 1.77. The van der Waals surface area contributed by atoms with Crippen LogP contribution in [0.2, 0.25) is 0 Å². The minimum atomic E-state index is -0.366. The average Bonchev–Trinajstić information content (AvgIpc) is 2.66. The minimum absolute atomic E-state index is 0.177. The van der Waals surface area contributed by atoms with Crippen molar-refractivity contribution in [2.75, 3.05) is 26.4 Å². The lowest BCUT2D eigenvalue weighted by Gasteiger charge is -2.26. The first-order chi connectivity index (χ1) is 13.7. The molecule has 0 atom stereocenters. The van der Waals surface area contributed by atoms with Crippen LogP contribution in [0, 0.1) is 0 Å². The quantitative estimate of drug-likeness (QED) is 0.499. The molecule has 8 heteroatoms. The van der Waals surface area contributed by atoms with Crippen LogP contribution < -0.4 is 0 Å². The monoisotopic (exact) mass is 418 g/mol. The third kappa shape index (κ3) is 4.52. The molecular weight excluding hydrogens is 400 g/mol. The van der Waals surface area contributed by atoms with Gasteiger partial charge < -0.3 is 18.9 Å². The Hall–Kier alpha value is -2.00. The molecule has 4 rings (SSSR count). The topological polar surface area (TPSA) is 71.1 Å². The molecule has 0 N–H and O–H groups in total. The summed E-state index contributed by atoms with van der Waals surface area (Å²) >= 11 is 0. The third-order valence-corrected chi connectivity index (χ3v) is 6.68. The second-order valence-electron chi connectivity index (χ2n) is 6.29. The molecule has 28 heavy (non-hydrogen) atoms. The molecule has 0 aliphatic carbocycles. The molecule has 0 bridgehead atoms. The van der Waals surface area contributed by atoms with Gasteiger partial charge in [-0.15, -0.1) is 0 Å². The maximum Gasteiger partial charge on any atom is 0.339 e. The van der Waals surface area contributed by atoms with Gasteiger partial charge in [0, 0.05) is 9.79 Å². The van der Waals surface area contributed by atoms with Crippen molar-refractivity contribution in [3.05, 3.63) is 59.7 Å². The van der Waals surface area contributed by atoms with E-state index < -0.39 is 0 Å². The van der Waals surface area contributed by atoms with Crippen LogP contribution in [0.25, 0.3) is 0 Å². The van der Waals surface area contributed by atoms with Crippen molar-refractivity contribution in [2.24, 2.45) is 0 Å². The number of esters is 2. The van der Waals surface area contributed by atoms with E-state index in [0.29, 0.717) is 37.6 Å². The Morgan fingerprint density at radius 2 is 1.11 bits per heavy atom. The van der Waals surface area contributed by atoms with Crippen LogP contribution in [0.4, 0.5) is 0 Å². The fourth-order valence-corrected chi connectivity index (χ4v) is 4.84. The molecule has 2 fully saturated rings. The van der Waals surface area contributed by atoms with Crippen molar-refractivity contribution >= 4 is 33.5 Å². The number of hydrogen-bond donors (Lipinski definition) is 0. The van der Waals surface area contributed by atoms with Crippen LogP contribution in [0.1, 0.15) is 20.7 Å². The minimum Gasteiger partial charge on any atom is -0.454 e. The summed E-state index contributed by atoms with van der Waals surface area (Å²) in [5, 5.41) is 0. The zero-order chi connectivity index (χ0) is 19.3. The van der Waals surface area contributed by atoms with Crippen molar-refractivity contribution in [3.8, 4) is 0 Å². The van der Waals surface area contributed by atoms with Crippen LogP contribution in [-0.2, 0) is 18.9 Å². The molecular formula is C20H18O6S2. The van der Waals surface area contributed by atoms with E-state index in [0.717, 1.165) is 9.79 Å². The fraction of sp³-hybridized carbons (Fsp3) is 0.300. The Balaban J connectivity index is 1.44. The second-order valence-corrected chi connectivity index (χ2v) is 8.50. The lowest BCUT2D eigenvalue weighted by atomic mass is 10.2. The van der Waals surface area contributed by atoms with E-state index in [1.165, 1.54) is 21.6 Å². The number of benzene rings is 2. The van der Waals surface area contributed by atoms with Crippen LogP contribution in [0.5, 0.6) is 0 Å². The van der Waals surface area contributed by atoms with Crippen molar-refractivity contribution in [3.63, 3.8) is 0 Å². The van der Waals surface area contributed by atoms with Gasteiger partial charge in [0.25, 0.3) is 0 Å². The van der Waals surface area contributed by atoms with E-state index in [4.69, 9.17) is 18.9 Å². The van der Waals surface area contributed by atoms with Crippen molar-refractivity contribution in [1.29, 1.82) is 0 Å². The number of hydrogen-bond acceptors (Lipinski definition) is 8. The second kappa shape index (κ2) is 9.00. The maximum absolute atomic E-state index is 12.4. The highest BCUT2D eigenvalue weighted by Gasteiger charge is 2.26. The molecule has 146 valence electrons. The summed E-state index contributed by atoms with van der Waals surface area (Å²) in [5.41, 5.74) is 0.997. The molecule has 2 heterocycles. The van der Waals surface area contributed by atoms with Gasteiger partial charge in [-0.2, -0.15) is 0 Å². The highest BCUT2D eigenvalue weighted by molar-refractivity contribution is 8.76. The number of ether oxygens (including phenoxy) is 4. The lowest BCUT2D eigenvalue weighted by molar-refractivity contribution is -0.103. The van der Waals surface area contributed by atoms with Gasteiger partial charge in [-0.05, 0) is 24.3 Å². The van der Waals surface area contributed by atoms with Crippen LogP contribution in [-0.4, -0.2) is 50.6 Å². The van der Waals surface area contributed by atoms with Crippen molar-refractivity contribution < 1.29 is 28.5 Å². The Morgan fingerprint density at radius 3 is 1.46 bits per heavy atom. The molecule has 2 aliphatic heterocycles. The van der Waals surface area contributed by atoms with Gasteiger partial charge >= 0.3 is 11.9 Å². The zero-order valence-corrected chi connectivity index (χ0v) is 16.5. The highest BCUT2D eigenvalue weighted by atomic mass is 33.1. The number of rotatable bonds is 7. The molecule has 0 spiro atoms. The van der Waals surface area contributed by atoms with Gasteiger partial charge in [-0.3, -0.25) is 0 Å².